The highest BCUT2D eigenvalue weighted by atomic mass is 35.5. The van der Waals surface area contributed by atoms with Gasteiger partial charge in [-0.2, -0.15) is 0 Å². The number of thiazole rings is 1. The molecule has 1 aromatic heterocycles. The summed E-state index contributed by atoms with van der Waals surface area (Å²) < 4.78 is 1.16. The van der Waals surface area contributed by atoms with E-state index in [0.717, 1.165) is 26.8 Å². The van der Waals surface area contributed by atoms with Gasteiger partial charge >= 0.3 is 0 Å². The van der Waals surface area contributed by atoms with Gasteiger partial charge < -0.3 is 4.90 Å². The van der Waals surface area contributed by atoms with Crippen molar-refractivity contribution in [3.05, 3.63) is 28.2 Å². The topological polar surface area (TPSA) is 16.1 Å². The van der Waals surface area contributed by atoms with E-state index in [1.165, 1.54) is 0 Å². The molecule has 74 valence electrons. The molecule has 0 N–H and O–H groups in total. The maximum Gasteiger partial charge on any atom is 0.108 e. The van der Waals surface area contributed by atoms with Crippen LogP contribution in [0.4, 0.5) is 0 Å². The Balaban J connectivity index is 2.41. The Labute approximate surface area is 92.1 Å². The van der Waals surface area contributed by atoms with Gasteiger partial charge in [0.1, 0.15) is 5.01 Å². The highest BCUT2D eigenvalue weighted by Crippen LogP contribution is 2.25. The van der Waals surface area contributed by atoms with Crippen LogP contribution >= 0.6 is 22.9 Å². The molecule has 2 rings (SSSR count). The van der Waals surface area contributed by atoms with Crippen molar-refractivity contribution < 1.29 is 0 Å². The third-order valence-corrected chi connectivity index (χ3v) is 3.08. The standard InChI is InChI=1S/C10H11ClN2S/c1-13(2)6-10-12-8-4-3-7(11)5-9(8)14-10/h3-5H,6H2,1-2H3. The fourth-order valence-electron chi connectivity index (χ4n) is 1.28. The molecule has 4 heteroatoms. The molecule has 0 fully saturated rings. The summed E-state index contributed by atoms with van der Waals surface area (Å²) in [4.78, 5) is 6.62. The van der Waals surface area contributed by atoms with Gasteiger partial charge in [0.2, 0.25) is 0 Å². The fourth-order valence-corrected chi connectivity index (χ4v) is 2.65. The van der Waals surface area contributed by atoms with E-state index in [0.29, 0.717) is 0 Å². The Morgan fingerprint density at radius 2 is 2.21 bits per heavy atom. The number of hydrogen-bond donors (Lipinski definition) is 0. The summed E-state index contributed by atoms with van der Waals surface area (Å²) in [5.74, 6) is 0. The first-order valence-electron chi connectivity index (χ1n) is 4.35. The van der Waals surface area contributed by atoms with Crippen LogP contribution < -0.4 is 0 Å². The second-order valence-corrected chi connectivity index (χ2v) is 5.01. The normalized spacial score (nSPS) is 11.4. The first-order chi connectivity index (χ1) is 6.65. The van der Waals surface area contributed by atoms with Gasteiger partial charge in [-0.05, 0) is 32.3 Å². The maximum atomic E-state index is 5.90. The van der Waals surface area contributed by atoms with E-state index >= 15 is 0 Å². The number of benzene rings is 1. The molecule has 0 unspecified atom stereocenters. The molecule has 0 saturated carbocycles. The Morgan fingerprint density at radius 3 is 2.93 bits per heavy atom. The maximum absolute atomic E-state index is 5.90. The second-order valence-electron chi connectivity index (χ2n) is 3.46. The number of aromatic nitrogens is 1. The Kier molecular flexibility index (Phi) is 2.72. The minimum Gasteiger partial charge on any atom is -0.303 e. The molecular weight excluding hydrogens is 216 g/mol. The molecule has 1 heterocycles. The molecule has 2 aromatic rings. The Morgan fingerprint density at radius 1 is 1.43 bits per heavy atom. The lowest BCUT2D eigenvalue weighted by Gasteiger charge is -2.04. The minimum absolute atomic E-state index is 0.776. The first-order valence-corrected chi connectivity index (χ1v) is 5.54. The molecule has 0 spiro atoms. The van der Waals surface area contributed by atoms with Crippen molar-refractivity contribution >= 4 is 33.2 Å². The van der Waals surface area contributed by atoms with Crippen molar-refractivity contribution in [2.75, 3.05) is 14.1 Å². The van der Waals surface area contributed by atoms with E-state index in [4.69, 9.17) is 11.6 Å². The number of rotatable bonds is 2. The van der Waals surface area contributed by atoms with E-state index in [2.05, 4.69) is 9.88 Å². The summed E-state index contributed by atoms with van der Waals surface area (Å²) in [5.41, 5.74) is 1.04. The third kappa shape index (κ3) is 2.05. The molecule has 0 aliphatic rings. The van der Waals surface area contributed by atoms with Crippen molar-refractivity contribution in [1.29, 1.82) is 0 Å². The zero-order valence-electron chi connectivity index (χ0n) is 8.12. The highest BCUT2D eigenvalue weighted by Gasteiger charge is 2.04. The lowest BCUT2D eigenvalue weighted by Crippen LogP contribution is -2.09. The zero-order chi connectivity index (χ0) is 10.1. The highest BCUT2D eigenvalue weighted by molar-refractivity contribution is 7.18. The van der Waals surface area contributed by atoms with E-state index in [9.17, 15) is 0 Å². The molecule has 0 aliphatic heterocycles. The SMILES string of the molecule is CN(C)Cc1nc2ccc(Cl)cc2s1. The van der Waals surface area contributed by atoms with E-state index < -0.39 is 0 Å². The Bertz CT molecular complexity index is 450. The molecule has 2 nitrogen and oxygen atoms in total. The monoisotopic (exact) mass is 226 g/mol. The van der Waals surface area contributed by atoms with Gasteiger partial charge in [-0.15, -0.1) is 11.3 Å². The van der Waals surface area contributed by atoms with Crippen LogP contribution in [0.25, 0.3) is 10.2 Å². The van der Waals surface area contributed by atoms with Crippen LogP contribution in [0.15, 0.2) is 18.2 Å². The number of hydrogen-bond acceptors (Lipinski definition) is 3. The summed E-state index contributed by atoms with van der Waals surface area (Å²) in [6.45, 7) is 0.886. The van der Waals surface area contributed by atoms with Gasteiger partial charge in [0, 0.05) is 11.6 Å². The molecule has 0 saturated heterocycles. The average Bonchev–Trinajstić information content (AvgIpc) is 2.44. The van der Waals surface area contributed by atoms with Crippen LogP contribution in [0, 0.1) is 0 Å². The second kappa shape index (κ2) is 3.85. The largest absolute Gasteiger partial charge is 0.303 e. The van der Waals surface area contributed by atoms with Crippen molar-refractivity contribution in [2.24, 2.45) is 0 Å². The number of fused-ring (bicyclic) bond motifs is 1. The number of nitrogens with zero attached hydrogens (tertiary/aromatic N) is 2. The molecular formula is C10H11ClN2S. The molecule has 0 atom stereocenters. The zero-order valence-corrected chi connectivity index (χ0v) is 9.69. The van der Waals surface area contributed by atoms with Crippen molar-refractivity contribution in [2.45, 2.75) is 6.54 Å². The summed E-state index contributed by atoms with van der Waals surface area (Å²) >= 11 is 7.60. The molecule has 14 heavy (non-hydrogen) atoms. The lowest BCUT2D eigenvalue weighted by molar-refractivity contribution is 0.402. The smallest absolute Gasteiger partial charge is 0.108 e. The van der Waals surface area contributed by atoms with Gasteiger partial charge in [-0.3, -0.25) is 0 Å². The predicted molar refractivity (Wildman–Crippen MR) is 62.0 cm³/mol. The van der Waals surface area contributed by atoms with E-state index in [-0.39, 0.29) is 0 Å². The summed E-state index contributed by atoms with van der Waals surface area (Å²) in [6, 6.07) is 5.81. The van der Waals surface area contributed by atoms with Crippen molar-refractivity contribution in [3.63, 3.8) is 0 Å². The van der Waals surface area contributed by atoms with Gasteiger partial charge in [0.05, 0.1) is 10.2 Å². The molecule has 0 bridgehead atoms. The van der Waals surface area contributed by atoms with Crippen LogP contribution in [-0.2, 0) is 6.54 Å². The van der Waals surface area contributed by atoms with Gasteiger partial charge in [0.15, 0.2) is 0 Å². The van der Waals surface area contributed by atoms with Gasteiger partial charge in [0.25, 0.3) is 0 Å². The predicted octanol–water partition coefficient (Wildman–Crippen LogP) is 3.01. The van der Waals surface area contributed by atoms with Crippen LogP contribution in [0.5, 0.6) is 0 Å². The van der Waals surface area contributed by atoms with Crippen molar-refractivity contribution in [3.8, 4) is 0 Å². The van der Waals surface area contributed by atoms with Crippen LogP contribution in [-0.4, -0.2) is 24.0 Å². The summed E-state index contributed by atoms with van der Waals surface area (Å²) in [5, 5.41) is 1.91. The van der Waals surface area contributed by atoms with Crippen molar-refractivity contribution in [1.82, 2.24) is 9.88 Å². The van der Waals surface area contributed by atoms with Gasteiger partial charge in [-0.25, -0.2) is 4.98 Å². The van der Waals surface area contributed by atoms with Gasteiger partial charge in [-0.1, -0.05) is 11.6 Å². The van der Waals surface area contributed by atoms with E-state index in [1.54, 1.807) is 11.3 Å². The quantitative estimate of drug-likeness (QED) is 0.783. The molecule has 1 aromatic carbocycles. The Hall–Kier alpha value is -0.640. The lowest BCUT2D eigenvalue weighted by atomic mass is 10.3. The molecule has 0 aliphatic carbocycles. The molecule has 0 amide bonds. The minimum atomic E-state index is 0.776. The van der Waals surface area contributed by atoms with Crippen LogP contribution in [0.2, 0.25) is 5.02 Å². The third-order valence-electron chi connectivity index (χ3n) is 1.85. The van der Waals surface area contributed by atoms with E-state index in [1.807, 2.05) is 32.3 Å². The summed E-state index contributed by atoms with van der Waals surface area (Å²) in [7, 11) is 4.08. The van der Waals surface area contributed by atoms with Crippen LogP contribution in [0.1, 0.15) is 5.01 Å². The first kappa shape index (κ1) is 9.90. The summed E-state index contributed by atoms with van der Waals surface area (Å²) in [6.07, 6.45) is 0. The van der Waals surface area contributed by atoms with Crippen LogP contribution in [0.3, 0.4) is 0 Å². The average molecular weight is 227 g/mol. The fraction of sp³-hybridized carbons (Fsp3) is 0.300. The number of halogens is 1. The molecule has 0 radical (unpaired) electrons.